The number of pyridine rings is 1. The molecule has 0 saturated heterocycles. The fourth-order valence-electron chi connectivity index (χ4n) is 3.41. The summed E-state index contributed by atoms with van der Waals surface area (Å²) in [4.78, 5) is 15.4. The molecule has 0 aliphatic carbocycles. The highest BCUT2D eigenvalue weighted by molar-refractivity contribution is 5.92. The topological polar surface area (TPSA) is 97.5 Å². The van der Waals surface area contributed by atoms with E-state index in [4.69, 9.17) is 10.5 Å². The number of aliphatic hydroxyl groups is 1. The van der Waals surface area contributed by atoms with Gasteiger partial charge in [-0.2, -0.15) is 0 Å². The fraction of sp³-hybridized carbons (Fsp3) is 0.120. The lowest BCUT2D eigenvalue weighted by atomic mass is 10.0. The number of nitrogens with one attached hydrogen (secondary N) is 1. The van der Waals surface area contributed by atoms with E-state index >= 15 is 0 Å². The van der Waals surface area contributed by atoms with Gasteiger partial charge < -0.3 is 20.9 Å². The number of nitrogens with two attached hydrogens (primary N) is 1. The number of carbonyl (C=O) groups excluding carboxylic acids is 1. The highest BCUT2D eigenvalue weighted by Crippen LogP contribution is 2.31. The van der Waals surface area contributed by atoms with Gasteiger partial charge in [0.25, 0.3) is 0 Å². The van der Waals surface area contributed by atoms with Gasteiger partial charge in [-0.1, -0.05) is 60.7 Å². The second-order valence-electron chi connectivity index (χ2n) is 7.18. The minimum atomic E-state index is -0.565. The third kappa shape index (κ3) is 4.88. The van der Waals surface area contributed by atoms with Crippen molar-refractivity contribution in [3.8, 4) is 11.6 Å². The Morgan fingerprint density at radius 1 is 0.968 bits per heavy atom. The van der Waals surface area contributed by atoms with E-state index in [0.29, 0.717) is 30.3 Å². The van der Waals surface area contributed by atoms with Crippen LogP contribution in [-0.2, 0) is 6.54 Å². The Labute approximate surface area is 180 Å². The molecule has 0 fully saturated rings. The number of benzene rings is 3. The van der Waals surface area contributed by atoms with Gasteiger partial charge in [-0.05, 0) is 28.6 Å². The average Bonchev–Trinajstić information content (AvgIpc) is 2.81. The lowest BCUT2D eigenvalue weighted by molar-refractivity contribution is 0.1000. The van der Waals surface area contributed by atoms with E-state index in [0.717, 1.165) is 21.9 Å². The standard InChI is InChI=1S/C25H23N3O3/c26-25(30)19-11-13-24(28-15-19)31-23-12-10-18(20-8-4-5-9-21(20)23)14-27-16-22(29)17-6-2-1-3-7-17/h1-13,15,22,27,29H,14,16H2,(H2,26,30)/t22-/m0/s1. The average molecular weight is 413 g/mol. The predicted molar refractivity (Wildman–Crippen MR) is 120 cm³/mol. The first-order chi connectivity index (χ1) is 15.1. The first-order valence-electron chi connectivity index (χ1n) is 10.00. The lowest BCUT2D eigenvalue weighted by Gasteiger charge is -2.15. The molecule has 0 bridgehead atoms. The van der Waals surface area contributed by atoms with E-state index in [9.17, 15) is 9.90 Å². The van der Waals surface area contributed by atoms with Gasteiger partial charge in [0.1, 0.15) is 5.75 Å². The molecule has 3 aromatic carbocycles. The van der Waals surface area contributed by atoms with Crippen molar-refractivity contribution in [3.05, 3.63) is 102 Å². The van der Waals surface area contributed by atoms with Crippen LogP contribution in [0.5, 0.6) is 11.6 Å². The third-order valence-corrected chi connectivity index (χ3v) is 5.05. The molecule has 4 rings (SSSR count). The van der Waals surface area contributed by atoms with Crippen molar-refractivity contribution < 1.29 is 14.6 Å². The van der Waals surface area contributed by atoms with Gasteiger partial charge in [0.15, 0.2) is 0 Å². The number of aromatic nitrogens is 1. The van der Waals surface area contributed by atoms with Crippen molar-refractivity contribution in [3.63, 3.8) is 0 Å². The van der Waals surface area contributed by atoms with Crippen LogP contribution in [0, 0.1) is 0 Å². The van der Waals surface area contributed by atoms with Gasteiger partial charge in [0.05, 0.1) is 11.7 Å². The van der Waals surface area contributed by atoms with Crippen molar-refractivity contribution in [2.45, 2.75) is 12.6 Å². The monoisotopic (exact) mass is 413 g/mol. The maximum Gasteiger partial charge on any atom is 0.250 e. The molecule has 0 aliphatic heterocycles. The summed E-state index contributed by atoms with van der Waals surface area (Å²) in [6, 6.07) is 24.7. The smallest absolute Gasteiger partial charge is 0.250 e. The number of fused-ring (bicyclic) bond motifs is 1. The van der Waals surface area contributed by atoms with Crippen LogP contribution in [0.1, 0.15) is 27.6 Å². The summed E-state index contributed by atoms with van der Waals surface area (Å²) in [7, 11) is 0. The van der Waals surface area contributed by atoms with Crippen LogP contribution in [0.15, 0.2) is 85.1 Å². The number of nitrogens with zero attached hydrogens (tertiary/aromatic N) is 1. The fourth-order valence-corrected chi connectivity index (χ4v) is 3.41. The molecule has 0 aliphatic rings. The molecule has 4 aromatic rings. The van der Waals surface area contributed by atoms with Crippen LogP contribution in [0.3, 0.4) is 0 Å². The zero-order valence-electron chi connectivity index (χ0n) is 16.9. The van der Waals surface area contributed by atoms with E-state index < -0.39 is 12.0 Å². The van der Waals surface area contributed by atoms with E-state index in [1.807, 2.05) is 66.7 Å². The van der Waals surface area contributed by atoms with Crippen LogP contribution >= 0.6 is 0 Å². The Balaban J connectivity index is 1.49. The maximum absolute atomic E-state index is 11.2. The molecule has 4 N–H and O–H groups in total. The highest BCUT2D eigenvalue weighted by Gasteiger charge is 2.11. The third-order valence-electron chi connectivity index (χ3n) is 5.05. The Morgan fingerprint density at radius 3 is 2.42 bits per heavy atom. The Hall–Kier alpha value is -3.74. The van der Waals surface area contributed by atoms with Crippen LogP contribution in [0.4, 0.5) is 0 Å². The molecule has 1 heterocycles. The highest BCUT2D eigenvalue weighted by atomic mass is 16.5. The number of primary amides is 1. The summed E-state index contributed by atoms with van der Waals surface area (Å²) in [5.74, 6) is 0.522. The molecule has 0 unspecified atom stereocenters. The van der Waals surface area contributed by atoms with Gasteiger partial charge in [0, 0.05) is 30.7 Å². The number of ether oxygens (including phenoxy) is 1. The molecular weight excluding hydrogens is 390 g/mol. The zero-order valence-corrected chi connectivity index (χ0v) is 16.9. The summed E-state index contributed by atoms with van der Waals surface area (Å²) in [6.45, 7) is 1.06. The Kier molecular flexibility index (Phi) is 6.21. The van der Waals surface area contributed by atoms with Gasteiger partial charge in [-0.3, -0.25) is 4.79 Å². The van der Waals surface area contributed by atoms with Gasteiger partial charge in [0.2, 0.25) is 11.8 Å². The summed E-state index contributed by atoms with van der Waals surface area (Å²) in [5.41, 5.74) is 7.57. The second kappa shape index (κ2) is 9.38. The Morgan fingerprint density at radius 2 is 1.71 bits per heavy atom. The molecule has 6 nitrogen and oxygen atoms in total. The SMILES string of the molecule is NC(=O)c1ccc(Oc2ccc(CNC[C@H](O)c3ccccc3)c3ccccc23)nc1. The first kappa shape index (κ1) is 20.5. The molecule has 31 heavy (non-hydrogen) atoms. The van der Waals surface area contributed by atoms with Crippen LogP contribution in [0.25, 0.3) is 10.8 Å². The Bertz CT molecular complexity index is 1180. The normalized spacial score (nSPS) is 11.9. The van der Waals surface area contributed by atoms with E-state index in [1.54, 1.807) is 12.1 Å². The minimum Gasteiger partial charge on any atom is -0.438 e. The summed E-state index contributed by atoms with van der Waals surface area (Å²) < 4.78 is 5.96. The molecule has 1 aromatic heterocycles. The van der Waals surface area contributed by atoms with Crippen molar-refractivity contribution in [2.24, 2.45) is 5.73 Å². The number of hydrogen-bond donors (Lipinski definition) is 3. The number of rotatable bonds is 8. The summed E-state index contributed by atoms with van der Waals surface area (Å²) in [6.07, 6.45) is 0.834. The van der Waals surface area contributed by atoms with Gasteiger partial charge in [-0.15, -0.1) is 0 Å². The quantitative estimate of drug-likeness (QED) is 0.406. The molecule has 6 heteroatoms. The lowest BCUT2D eigenvalue weighted by Crippen LogP contribution is -2.21. The van der Waals surface area contributed by atoms with Gasteiger partial charge >= 0.3 is 0 Å². The van der Waals surface area contributed by atoms with Crippen LogP contribution < -0.4 is 15.8 Å². The number of carbonyl (C=O) groups is 1. The van der Waals surface area contributed by atoms with Crippen molar-refractivity contribution in [1.82, 2.24) is 10.3 Å². The first-order valence-corrected chi connectivity index (χ1v) is 10.00. The molecule has 0 spiro atoms. The molecule has 0 radical (unpaired) electrons. The minimum absolute atomic E-state index is 0.330. The van der Waals surface area contributed by atoms with Crippen LogP contribution in [0.2, 0.25) is 0 Å². The van der Waals surface area contributed by atoms with Crippen molar-refractivity contribution in [1.29, 1.82) is 0 Å². The molecule has 1 atom stereocenters. The van der Waals surface area contributed by atoms with Crippen molar-refractivity contribution in [2.75, 3.05) is 6.54 Å². The molecule has 1 amide bonds. The number of hydrogen-bond acceptors (Lipinski definition) is 5. The van der Waals surface area contributed by atoms with Crippen molar-refractivity contribution >= 4 is 16.7 Å². The summed E-state index contributed by atoms with van der Waals surface area (Å²) >= 11 is 0. The number of amides is 1. The van der Waals surface area contributed by atoms with Crippen LogP contribution in [-0.4, -0.2) is 22.5 Å². The summed E-state index contributed by atoms with van der Waals surface area (Å²) in [5, 5.41) is 15.7. The van der Waals surface area contributed by atoms with Gasteiger partial charge in [-0.25, -0.2) is 4.98 Å². The van der Waals surface area contributed by atoms with E-state index in [2.05, 4.69) is 10.3 Å². The zero-order chi connectivity index (χ0) is 21.6. The largest absolute Gasteiger partial charge is 0.438 e. The number of aliphatic hydroxyl groups excluding tert-OH is 1. The maximum atomic E-state index is 11.2. The molecule has 0 saturated carbocycles. The molecule has 156 valence electrons. The predicted octanol–water partition coefficient (Wildman–Crippen LogP) is 3.95. The van der Waals surface area contributed by atoms with E-state index in [1.165, 1.54) is 6.20 Å². The second-order valence-corrected chi connectivity index (χ2v) is 7.18. The molecular formula is C25H23N3O3. The van der Waals surface area contributed by atoms with E-state index in [-0.39, 0.29) is 0 Å².